The number of halogens is 3. The number of allylic oxidation sites excluding steroid dienone is 3. The minimum absolute atomic E-state index is 0.0659. The number of nitrogens with zero attached hydrogens (tertiary/aromatic N) is 1. The zero-order valence-electron chi connectivity index (χ0n) is 13.8. The van der Waals surface area contributed by atoms with E-state index in [1.165, 1.54) is 12.1 Å². The molecule has 1 aromatic rings. The van der Waals surface area contributed by atoms with Crippen molar-refractivity contribution in [1.82, 2.24) is 0 Å². The van der Waals surface area contributed by atoms with E-state index in [0.717, 1.165) is 12.1 Å². The normalized spacial score (nSPS) is 23.3. The lowest BCUT2D eigenvalue weighted by molar-refractivity contribution is -0.274. The van der Waals surface area contributed by atoms with Gasteiger partial charge in [0, 0.05) is 18.4 Å². The number of nitrogens with two attached hydrogens (primary N) is 1. The summed E-state index contributed by atoms with van der Waals surface area (Å²) in [7, 11) is 0. The third-order valence-electron chi connectivity index (χ3n) is 4.31. The van der Waals surface area contributed by atoms with Crippen molar-refractivity contribution >= 4 is 5.78 Å². The van der Waals surface area contributed by atoms with E-state index in [4.69, 9.17) is 10.5 Å². The van der Waals surface area contributed by atoms with Gasteiger partial charge < -0.3 is 15.2 Å². The molecule has 2 aliphatic rings. The number of Topliss-reactive ketones (excluding diaryl/α,β-unsaturated/α-hetero) is 1. The average molecular weight is 364 g/mol. The number of rotatable bonds is 2. The number of alkyl halides is 3. The molecular formula is C18H15F3N2O3. The molecule has 0 bridgehead atoms. The lowest BCUT2D eigenvalue weighted by Gasteiger charge is -2.33. The first-order valence-electron chi connectivity index (χ1n) is 7.89. The summed E-state index contributed by atoms with van der Waals surface area (Å²) >= 11 is 0. The first kappa shape index (κ1) is 17.9. The second-order valence-electron chi connectivity index (χ2n) is 6.32. The van der Waals surface area contributed by atoms with Crippen LogP contribution in [0.4, 0.5) is 13.2 Å². The van der Waals surface area contributed by atoms with Crippen molar-refractivity contribution < 1.29 is 27.4 Å². The summed E-state index contributed by atoms with van der Waals surface area (Å²) in [6.45, 7) is 1.91. The van der Waals surface area contributed by atoms with Crippen LogP contribution in [0.15, 0.2) is 47.1 Å². The summed E-state index contributed by atoms with van der Waals surface area (Å²) in [6, 6.07) is 7.00. The number of carbonyl (C=O) groups excluding carboxylic acids is 1. The van der Waals surface area contributed by atoms with E-state index in [-0.39, 0.29) is 28.9 Å². The lowest BCUT2D eigenvalue weighted by atomic mass is 9.75. The Bertz CT molecular complexity index is 848. The molecule has 1 aliphatic heterocycles. The molecule has 26 heavy (non-hydrogen) atoms. The van der Waals surface area contributed by atoms with Crippen molar-refractivity contribution in [2.24, 2.45) is 11.7 Å². The molecule has 5 nitrogen and oxygen atoms in total. The Morgan fingerprint density at radius 1 is 1.27 bits per heavy atom. The van der Waals surface area contributed by atoms with Crippen molar-refractivity contribution in [2.75, 3.05) is 0 Å². The molecule has 2 N–H and O–H groups in total. The maximum Gasteiger partial charge on any atom is 0.573 e. The van der Waals surface area contributed by atoms with Crippen LogP contribution < -0.4 is 10.5 Å². The number of ketones is 1. The van der Waals surface area contributed by atoms with E-state index in [1.54, 1.807) is 0 Å². The van der Waals surface area contributed by atoms with Crippen LogP contribution in [0.25, 0.3) is 0 Å². The second kappa shape index (κ2) is 6.41. The standard InChI is InChI=1S/C18H15F3N2O3/c1-9-6-13(24)16-14(7-9)25-17(23)12(8-22)15(16)10-2-4-11(5-3-10)26-18(19,20)21/h2-5,9,15H,6-7,23H2,1H3/t9-,15+/m1/s1. The van der Waals surface area contributed by atoms with E-state index in [0.29, 0.717) is 29.7 Å². The van der Waals surface area contributed by atoms with Gasteiger partial charge in [0.25, 0.3) is 0 Å². The van der Waals surface area contributed by atoms with Gasteiger partial charge >= 0.3 is 6.36 Å². The number of ether oxygens (including phenoxy) is 2. The van der Waals surface area contributed by atoms with Crippen molar-refractivity contribution in [3.05, 3.63) is 52.6 Å². The van der Waals surface area contributed by atoms with Crippen molar-refractivity contribution in [1.29, 1.82) is 5.26 Å². The summed E-state index contributed by atoms with van der Waals surface area (Å²) in [4.78, 5) is 12.6. The fraction of sp³-hybridized carbons (Fsp3) is 0.333. The lowest BCUT2D eigenvalue weighted by Crippen LogP contribution is -2.29. The third kappa shape index (κ3) is 3.38. The fourth-order valence-corrected chi connectivity index (χ4v) is 3.29. The highest BCUT2D eigenvalue weighted by Gasteiger charge is 2.39. The van der Waals surface area contributed by atoms with Crippen LogP contribution in [0.2, 0.25) is 0 Å². The number of benzene rings is 1. The molecule has 0 fully saturated rings. The molecule has 0 aromatic heterocycles. The number of nitriles is 1. The third-order valence-corrected chi connectivity index (χ3v) is 4.31. The minimum atomic E-state index is -4.80. The second-order valence-corrected chi connectivity index (χ2v) is 6.32. The van der Waals surface area contributed by atoms with Crippen LogP contribution >= 0.6 is 0 Å². The number of carbonyl (C=O) groups is 1. The molecule has 1 aliphatic carbocycles. The van der Waals surface area contributed by atoms with Crippen LogP contribution in [0.1, 0.15) is 31.2 Å². The SMILES string of the molecule is C[C@@H]1CC(=O)C2=C(C1)OC(N)=C(C#N)[C@@H]2c1ccc(OC(F)(F)F)cc1. The average Bonchev–Trinajstić information content (AvgIpc) is 2.52. The molecule has 136 valence electrons. The molecule has 0 spiro atoms. The van der Waals surface area contributed by atoms with E-state index in [1.807, 2.05) is 13.0 Å². The summed E-state index contributed by atoms with van der Waals surface area (Å²) in [5.74, 6) is -0.884. The maximum absolute atomic E-state index is 12.6. The van der Waals surface area contributed by atoms with Crippen LogP contribution in [0, 0.1) is 17.2 Å². The summed E-state index contributed by atoms with van der Waals surface area (Å²) < 4.78 is 46.3. The Hall–Kier alpha value is -2.95. The van der Waals surface area contributed by atoms with E-state index in [2.05, 4.69) is 4.74 Å². The van der Waals surface area contributed by atoms with Crippen LogP contribution in [0.3, 0.4) is 0 Å². The molecule has 0 unspecified atom stereocenters. The molecule has 2 atom stereocenters. The van der Waals surface area contributed by atoms with Gasteiger partial charge in [0.05, 0.1) is 5.92 Å². The summed E-state index contributed by atoms with van der Waals surface area (Å²) in [5, 5.41) is 9.45. The molecule has 0 saturated carbocycles. The van der Waals surface area contributed by atoms with Gasteiger partial charge in [-0.25, -0.2) is 0 Å². The van der Waals surface area contributed by atoms with E-state index >= 15 is 0 Å². The van der Waals surface area contributed by atoms with Crippen molar-refractivity contribution in [3.63, 3.8) is 0 Å². The van der Waals surface area contributed by atoms with Gasteiger partial charge in [-0.1, -0.05) is 19.1 Å². The molecule has 1 aromatic carbocycles. The predicted molar refractivity (Wildman–Crippen MR) is 84.2 cm³/mol. The zero-order chi connectivity index (χ0) is 19.1. The highest BCUT2D eigenvalue weighted by Crippen LogP contribution is 2.44. The topological polar surface area (TPSA) is 85.3 Å². The van der Waals surface area contributed by atoms with Gasteiger partial charge in [-0.2, -0.15) is 5.26 Å². The largest absolute Gasteiger partial charge is 0.573 e. The van der Waals surface area contributed by atoms with Gasteiger partial charge in [-0.05, 0) is 23.6 Å². The van der Waals surface area contributed by atoms with Gasteiger partial charge in [-0.3, -0.25) is 4.79 Å². The van der Waals surface area contributed by atoms with Crippen LogP contribution in [-0.4, -0.2) is 12.1 Å². The highest BCUT2D eigenvalue weighted by atomic mass is 19.4. The minimum Gasteiger partial charge on any atom is -0.444 e. The maximum atomic E-state index is 12.6. The Labute approximate surface area is 147 Å². The van der Waals surface area contributed by atoms with Gasteiger partial charge in [0.15, 0.2) is 5.78 Å². The van der Waals surface area contributed by atoms with Crippen LogP contribution in [-0.2, 0) is 9.53 Å². The molecule has 1 heterocycles. The van der Waals surface area contributed by atoms with Crippen molar-refractivity contribution in [3.8, 4) is 11.8 Å². The first-order chi connectivity index (χ1) is 12.2. The summed E-state index contributed by atoms with van der Waals surface area (Å²) in [6.07, 6.45) is -3.98. The van der Waals surface area contributed by atoms with Crippen LogP contribution in [0.5, 0.6) is 5.75 Å². The van der Waals surface area contributed by atoms with E-state index in [9.17, 15) is 23.2 Å². The zero-order valence-corrected chi connectivity index (χ0v) is 13.8. The molecule has 0 saturated heterocycles. The Morgan fingerprint density at radius 3 is 2.50 bits per heavy atom. The molecule has 3 rings (SSSR count). The smallest absolute Gasteiger partial charge is 0.444 e. The summed E-state index contributed by atoms with van der Waals surface area (Å²) in [5.41, 5.74) is 6.73. The molecular weight excluding hydrogens is 349 g/mol. The Morgan fingerprint density at radius 2 is 1.92 bits per heavy atom. The highest BCUT2D eigenvalue weighted by molar-refractivity contribution is 5.99. The van der Waals surface area contributed by atoms with E-state index < -0.39 is 12.3 Å². The molecule has 8 heteroatoms. The first-order valence-corrected chi connectivity index (χ1v) is 7.89. The monoisotopic (exact) mass is 364 g/mol. The predicted octanol–water partition coefficient (Wildman–Crippen LogP) is 3.65. The Balaban J connectivity index is 2.03. The van der Waals surface area contributed by atoms with Gasteiger partial charge in [0.2, 0.25) is 5.88 Å². The molecule has 0 radical (unpaired) electrons. The van der Waals surface area contributed by atoms with Gasteiger partial charge in [-0.15, -0.1) is 13.2 Å². The fourth-order valence-electron chi connectivity index (χ4n) is 3.29. The molecule has 0 amide bonds. The Kier molecular flexibility index (Phi) is 4.40. The number of hydrogen-bond donors (Lipinski definition) is 1. The van der Waals surface area contributed by atoms with Gasteiger partial charge in [0.1, 0.15) is 23.2 Å². The van der Waals surface area contributed by atoms with Crippen molar-refractivity contribution in [2.45, 2.75) is 32.0 Å². The quantitative estimate of drug-likeness (QED) is 0.866. The number of hydrogen-bond acceptors (Lipinski definition) is 5.